The molecule has 88 valence electrons. The number of hydrogen-bond acceptors (Lipinski definition) is 4. The van der Waals surface area contributed by atoms with Gasteiger partial charge in [-0.1, -0.05) is 0 Å². The number of halogens is 1. The van der Waals surface area contributed by atoms with Gasteiger partial charge in [0.1, 0.15) is 11.6 Å². The Morgan fingerprint density at radius 1 is 1.56 bits per heavy atom. The summed E-state index contributed by atoms with van der Waals surface area (Å²) in [5, 5.41) is 0. The first-order valence-corrected chi connectivity index (χ1v) is 4.85. The van der Waals surface area contributed by atoms with E-state index in [0.29, 0.717) is 6.61 Å². The quantitative estimate of drug-likeness (QED) is 0.609. The first-order valence-electron chi connectivity index (χ1n) is 4.85. The normalized spacial score (nSPS) is 12.2. The van der Waals surface area contributed by atoms with Crippen LogP contribution in [-0.2, 0) is 4.74 Å². The minimum Gasteiger partial charge on any atom is -0.496 e. The second-order valence-electron chi connectivity index (χ2n) is 3.08. The molecule has 0 amide bonds. The first-order chi connectivity index (χ1) is 7.60. The van der Waals surface area contributed by atoms with Crippen LogP contribution in [0.5, 0.6) is 5.75 Å². The number of carbonyl (C=O) groups is 1. The number of nitrogens with two attached hydrogens (primary N) is 1. The zero-order valence-electron chi connectivity index (χ0n) is 9.20. The zero-order chi connectivity index (χ0) is 12.1. The van der Waals surface area contributed by atoms with E-state index in [0.717, 1.165) is 6.07 Å². The molecular formula is C11H14FNO3. The van der Waals surface area contributed by atoms with Crippen molar-refractivity contribution in [1.29, 1.82) is 0 Å². The fourth-order valence-electron chi connectivity index (χ4n) is 1.28. The van der Waals surface area contributed by atoms with E-state index >= 15 is 0 Å². The first kappa shape index (κ1) is 12.6. The Morgan fingerprint density at radius 3 is 2.81 bits per heavy atom. The van der Waals surface area contributed by atoms with Crippen molar-refractivity contribution in [1.82, 2.24) is 0 Å². The molecule has 0 fully saturated rings. The molecule has 0 aliphatic carbocycles. The summed E-state index contributed by atoms with van der Waals surface area (Å²) in [5.41, 5.74) is 5.57. The summed E-state index contributed by atoms with van der Waals surface area (Å²) in [6.07, 6.45) is -1.10. The van der Waals surface area contributed by atoms with E-state index in [4.69, 9.17) is 15.2 Å². The van der Waals surface area contributed by atoms with Crippen LogP contribution < -0.4 is 10.5 Å². The van der Waals surface area contributed by atoms with Crippen LogP contribution in [0.3, 0.4) is 0 Å². The summed E-state index contributed by atoms with van der Waals surface area (Å²) in [5.74, 6) is -0.743. The third-order valence-corrected chi connectivity index (χ3v) is 2.03. The standard InChI is InChI=1S/C11H14FNO3/c1-3-16-11(13)10(14)8-6-7(12)4-5-9(8)15-2/h4-6,11H,3,13H2,1-2H3. The highest BCUT2D eigenvalue weighted by atomic mass is 19.1. The molecule has 1 rings (SSSR count). The predicted octanol–water partition coefficient (Wildman–Crippen LogP) is 1.34. The third kappa shape index (κ3) is 2.77. The highest BCUT2D eigenvalue weighted by Gasteiger charge is 2.20. The number of Topliss-reactive ketones (excluding diaryl/α,β-unsaturated/α-hetero) is 1. The number of methoxy groups -OCH3 is 1. The Hall–Kier alpha value is -1.46. The van der Waals surface area contributed by atoms with E-state index in [9.17, 15) is 9.18 Å². The van der Waals surface area contributed by atoms with E-state index in [1.807, 2.05) is 0 Å². The van der Waals surface area contributed by atoms with E-state index < -0.39 is 17.8 Å². The molecule has 16 heavy (non-hydrogen) atoms. The third-order valence-electron chi connectivity index (χ3n) is 2.03. The fraction of sp³-hybridized carbons (Fsp3) is 0.364. The lowest BCUT2D eigenvalue weighted by Gasteiger charge is -2.12. The number of rotatable bonds is 5. The molecule has 0 aromatic heterocycles. The number of ether oxygens (including phenoxy) is 2. The maximum atomic E-state index is 13.0. The Kier molecular flexibility index (Phi) is 4.39. The molecule has 0 spiro atoms. The number of benzene rings is 1. The second-order valence-corrected chi connectivity index (χ2v) is 3.08. The van der Waals surface area contributed by atoms with Crippen molar-refractivity contribution in [2.75, 3.05) is 13.7 Å². The average Bonchev–Trinajstić information content (AvgIpc) is 2.28. The summed E-state index contributed by atoms with van der Waals surface area (Å²) < 4.78 is 22.9. The van der Waals surface area contributed by atoms with Gasteiger partial charge in [-0.15, -0.1) is 0 Å². The summed E-state index contributed by atoms with van der Waals surface area (Å²) in [6.45, 7) is 2.03. The van der Waals surface area contributed by atoms with Gasteiger partial charge in [-0.3, -0.25) is 10.5 Å². The van der Waals surface area contributed by atoms with Crippen molar-refractivity contribution in [3.63, 3.8) is 0 Å². The largest absolute Gasteiger partial charge is 0.496 e. The van der Waals surface area contributed by atoms with Crippen molar-refractivity contribution in [2.45, 2.75) is 13.2 Å². The highest BCUT2D eigenvalue weighted by molar-refractivity contribution is 6.01. The van der Waals surface area contributed by atoms with Gasteiger partial charge < -0.3 is 9.47 Å². The van der Waals surface area contributed by atoms with Gasteiger partial charge >= 0.3 is 0 Å². The lowest BCUT2D eigenvalue weighted by atomic mass is 10.1. The SMILES string of the molecule is CCOC(N)C(=O)c1cc(F)ccc1OC. The Bertz CT molecular complexity index is 381. The van der Waals surface area contributed by atoms with Crippen molar-refractivity contribution >= 4 is 5.78 Å². The van der Waals surface area contributed by atoms with Crippen LogP contribution in [0.25, 0.3) is 0 Å². The number of ketones is 1. The fourth-order valence-corrected chi connectivity index (χ4v) is 1.28. The van der Waals surface area contributed by atoms with E-state index in [1.165, 1.54) is 19.2 Å². The Balaban J connectivity index is 3.01. The molecule has 0 aliphatic rings. The molecule has 0 heterocycles. The Morgan fingerprint density at radius 2 is 2.25 bits per heavy atom. The maximum Gasteiger partial charge on any atom is 0.209 e. The molecule has 2 N–H and O–H groups in total. The van der Waals surface area contributed by atoms with Crippen molar-refractivity contribution in [3.05, 3.63) is 29.6 Å². The minimum atomic E-state index is -1.10. The van der Waals surface area contributed by atoms with Gasteiger partial charge in [0.25, 0.3) is 0 Å². The molecule has 1 aromatic rings. The van der Waals surface area contributed by atoms with Crippen LogP contribution in [0.1, 0.15) is 17.3 Å². The summed E-state index contributed by atoms with van der Waals surface area (Å²) >= 11 is 0. The van der Waals surface area contributed by atoms with Gasteiger partial charge in [-0.2, -0.15) is 0 Å². The van der Waals surface area contributed by atoms with Gasteiger partial charge in [0.15, 0.2) is 6.23 Å². The highest BCUT2D eigenvalue weighted by Crippen LogP contribution is 2.20. The molecule has 0 radical (unpaired) electrons. The topological polar surface area (TPSA) is 61.5 Å². The van der Waals surface area contributed by atoms with Crippen LogP contribution in [0.15, 0.2) is 18.2 Å². The van der Waals surface area contributed by atoms with Crippen LogP contribution in [0, 0.1) is 5.82 Å². The number of carbonyl (C=O) groups excluding carboxylic acids is 1. The molecule has 0 aliphatic heterocycles. The van der Waals surface area contributed by atoms with Crippen LogP contribution in [0.4, 0.5) is 4.39 Å². The number of hydrogen-bond donors (Lipinski definition) is 1. The summed E-state index contributed by atoms with van der Waals surface area (Å²) in [7, 11) is 1.40. The van der Waals surface area contributed by atoms with Crippen molar-refractivity contribution in [3.8, 4) is 5.75 Å². The van der Waals surface area contributed by atoms with Gasteiger partial charge in [-0.25, -0.2) is 4.39 Å². The van der Waals surface area contributed by atoms with Gasteiger partial charge in [-0.05, 0) is 25.1 Å². The van der Waals surface area contributed by atoms with Crippen LogP contribution >= 0.6 is 0 Å². The molecular weight excluding hydrogens is 213 g/mol. The summed E-state index contributed by atoms with van der Waals surface area (Å²) in [6, 6.07) is 3.67. The predicted molar refractivity (Wildman–Crippen MR) is 56.9 cm³/mol. The van der Waals surface area contributed by atoms with Gasteiger partial charge in [0, 0.05) is 6.61 Å². The summed E-state index contributed by atoms with van der Waals surface area (Å²) in [4.78, 5) is 11.8. The maximum absolute atomic E-state index is 13.0. The molecule has 1 unspecified atom stereocenters. The smallest absolute Gasteiger partial charge is 0.209 e. The molecule has 1 atom stereocenters. The molecule has 1 aromatic carbocycles. The van der Waals surface area contributed by atoms with Crippen molar-refractivity contribution in [2.24, 2.45) is 5.73 Å². The monoisotopic (exact) mass is 227 g/mol. The average molecular weight is 227 g/mol. The molecule has 0 saturated carbocycles. The lowest BCUT2D eigenvalue weighted by Crippen LogP contribution is -2.33. The second kappa shape index (κ2) is 5.58. The molecule has 0 saturated heterocycles. The van der Waals surface area contributed by atoms with E-state index in [1.54, 1.807) is 6.92 Å². The van der Waals surface area contributed by atoms with E-state index in [-0.39, 0.29) is 11.3 Å². The van der Waals surface area contributed by atoms with Crippen molar-refractivity contribution < 1.29 is 18.7 Å². The zero-order valence-corrected chi connectivity index (χ0v) is 9.20. The molecule has 0 bridgehead atoms. The van der Waals surface area contributed by atoms with Crippen LogP contribution in [0.2, 0.25) is 0 Å². The minimum absolute atomic E-state index is 0.0865. The van der Waals surface area contributed by atoms with Gasteiger partial charge in [0.2, 0.25) is 5.78 Å². The Labute approximate surface area is 93.2 Å². The van der Waals surface area contributed by atoms with Gasteiger partial charge in [0.05, 0.1) is 12.7 Å². The molecule has 4 nitrogen and oxygen atoms in total. The van der Waals surface area contributed by atoms with E-state index in [2.05, 4.69) is 0 Å². The van der Waals surface area contributed by atoms with Crippen LogP contribution in [-0.4, -0.2) is 25.7 Å². The molecule has 5 heteroatoms. The lowest BCUT2D eigenvalue weighted by molar-refractivity contribution is 0.0476.